The van der Waals surface area contributed by atoms with Crippen LogP contribution in [0.3, 0.4) is 0 Å². The maximum Gasteiger partial charge on any atom is 0.255 e. The van der Waals surface area contributed by atoms with Crippen LogP contribution in [-0.2, 0) is 0 Å². The molecule has 2 N–H and O–H groups in total. The number of rotatable bonds is 4. The Bertz CT molecular complexity index is 1470. The van der Waals surface area contributed by atoms with E-state index in [9.17, 15) is 4.79 Å². The lowest BCUT2D eigenvalue weighted by Crippen LogP contribution is -2.12. The second kappa shape index (κ2) is 10.6. The third-order valence-corrected chi connectivity index (χ3v) is 5.66. The van der Waals surface area contributed by atoms with Crippen LogP contribution in [0.15, 0.2) is 97.8 Å². The molecule has 0 aliphatic heterocycles. The van der Waals surface area contributed by atoms with Crippen molar-refractivity contribution in [2.24, 2.45) is 0 Å². The SMILES string of the molecule is C=CC.Cc1ccc(-c2cc3c(-c4cccc(NC(=O)c5ccccc5)c4C)ncnc3[nH]2)cc1. The van der Waals surface area contributed by atoms with Crippen molar-refractivity contribution in [1.29, 1.82) is 0 Å². The summed E-state index contributed by atoms with van der Waals surface area (Å²) in [7, 11) is 0. The molecule has 0 saturated heterocycles. The van der Waals surface area contributed by atoms with Crippen LogP contribution in [0.25, 0.3) is 33.5 Å². The first-order valence-electron chi connectivity index (χ1n) is 11.5. The number of nitrogens with zero attached hydrogens (tertiary/aromatic N) is 2. The maximum atomic E-state index is 12.7. The summed E-state index contributed by atoms with van der Waals surface area (Å²) in [6.45, 7) is 9.32. The van der Waals surface area contributed by atoms with E-state index in [2.05, 4.69) is 64.1 Å². The fourth-order valence-corrected chi connectivity index (χ4v) is 3.85. The minimum Gasteiger partial charge on any atom is -0.339 e. The van der Waals surface area contributed by atoms with E-state index < -0.39 is 0 Å². The smallest absolute Gasteiger partial charge is 0.255 e. The minimum absolute atomic E-state index is 0.137. The molecule has 5 nitrogen and oxygen atoms in total. The zero-order valence-electron chi connectivity index (χ0n) is 20.2. The second-order valence-corrected chi connectivity index (χ2v) is 8.24. The van der Waals surface area contributed by atoms with Gasteiger partial charge in [-0.05, 0) is 56.2 Å². The first-order chi connectivity index (χ1) is 17.0. The number of H-pyrrole nitrogens is 1. The Kier molecular flexibility index (Phi) is 7.17. The highest BCUT2D eigenvalue weighted by Gasteiger charge is 2.15. The highest BCUT2D eigenvalue weighted by molar-refractivity contribution is 6.05. The average Bonchev–Trinajstić information content (AvgIpc) is 3.31. The van der Waals surface area contributed by atoms with Crippen molar-refractivity contribution in [3.8, 4) is 22.5 Å². The van der Waals surface area contributed by atoms with Gasteiger partial charge in [-0.1, -0.05) is 66.2 Å². The second-order valence-electron chi connectivity index (χ2n) is 8.24. The van der Waals surface area contributed by atoms with E-state index in [4.69, 9.17) is 0 Å². The minimum atomic E-state index is -0.137. The Hall–Kier alpha value is -4.51. The Balaban J connectivity index is 0.000000917. The summed E-state index contributed by atoms with van der Waals surface area (Å²) in [6.07, 6.45) is 3.32. The molecule has 0 saturated carbocycles. The molecule has 0 aliphatic carbocycles. The molecule has 5 rings (SSSR count). The summed E-state index contributed by atoms with van der Waals surface area (Å²) >= 11 is 0. The fraction of sp³-hybridized carbons (Fsp3) is 0.100. The number of aromatic amines is 1. The number of allylic oxidation sites excluding steroid dienone is 1. The number of benzene rings is 3. The summed E-state index contributed by atoms with van der Waals surface area (Å²) in [6, 6.07) is 25.5. The van der Waals surface area contributed by atoms with E-state index in [1.165, 1.54) is 5.56 Å². The normalized spacial score (nSPS) is 10.4. The van der Waals surface area contributed by atoms with Crippen molar-refractivity contribution in [2.45, 2.75) is 20.8 Å². The molecular weight excluding hydrogens is 432 g/mol. The summed E-state index contributed by atoms with van der Waals surface area (Å²) in [5.41, 5.74) is 8.21. The zero-order chi connectivity index (χ0) is 24.8. The van der Waals surface area contributed by atoms with E-state index in [0.717, 1.165) is 44.8 Å². The van der Waals surface area contributed by atoms with Gasteiger partial charge in [0.25, 0.3) is 5.91 Å². The number of amides is 1. The number of carbonyl (C=O) groups excluding carboxylic acids is 1. The number of aromatic nitrogens is 3. The van der Waals surface area contributed by atoms with Gasteiger partial charge in [0.05, 0.1) is 5.69 Å². The average molecular weight is 461 g/mol. The van der Waals surface area contributed by atoms with Gasteiger partial charge in [0, 0.05) is 27.9 Å². The molecule has 1 amide bonds. The molecule has 0 aliphatic rings. The first-order valence-corrected chi connectivity index (χ1v) is 11.5. The van der Waals surface area contributed by atoms with E-state index in [0.29, 0.717) is 5.56 Å². The maximum absolute atomic E-state index is 12.7. The van der Waals surface area contributed by atoms with Crippen molar-refractivity contribution in [2.75, 3.05) is 5.32 Å². The van der Waals surface area contributed by atoms with Crippen LogP contribution in [0.2, 0.25) is 0 Å². The Morgan fingerprint density at radius 1 is 0.943 bits per heavy atom. The van der Waals surface area contributed by atoms with Crippen LogP contribution in [0.5, 0.6) is 0 Å². The number of fused-ring (bicyclic) bond motifs is 1. The Morgan fingerprint density at radius 2 is 1.66 bits per heavy atom. The van der Waals surface area contributed by atoms with Crippen LogP contribution in [0.1, 0.15) is 28.4 Å². The van der Waals surface area contributed by atoms with E-state index in [1.807, 2.05) is 50.2 Å². The standard InChI is InChI=1S/C27H22N4O.C3H6/c1-17-11-13-19(14-12-17)24-15-22-25(28-16-29-26(22)30-24)21-9-6-10-23(18(21)2)31-27(32)20-7-4-3-5-8-20;1-3-2/h3-16H,1-2H3,(H,31,32)(H,28,29,30);3H,1H2,2H3. The monoisotopic (exact) mass is 460 g/mol. The van der Waals surface area contributed by atoms with Crippen molar-refractivity contribution in [3.63, 3.8) is 0 Å². The van der Waals surface area contributed by atoms with Crippen molar-refractivity contribution >= 4 is 22.6 Å². The lowest BCUT2D eigenvalue weighted by atomic mass is 10.0. The fourth-order valence-electron chi connectivity index (χ4n) is 3.85. The molecule has 174 valence electrons. The van der Waals surface area contributed by atoms with Crippen LogP contribution >= 0.6 is 0 Å². The molecule has 35 heavy (non-hydrogen) atoms. The van der Waals surface area contributed by atoms with Crippen molar-refractivity contribution in [3.05, 3.63) is 115 Å². The molecule has 2 heterocycles. The summed E-state index contributed by atoms with van der Waals surface area (Å²) < 4.78 is 0. The number of anilines is 1. The number of aryl methyl sites for hydroxylation is 1. The molecule has 0 radical (unpaired) electrons. The lowest BCUT2D eigenvalue weighted by molar-refractivity contribution is 0.102. The van der Waals surface area contributed by atoms with E-state index >= 15 is 0 Å². The number of nitrogens with one attached hydrogen (secondary N) is 2. The number of hydrogen-bond donors (Lipinski definition) is 2. The zero-order valence-corrected chi connectivity index (χ0v) is 20.2. The molecule has 0 spiro atoms. The quantitative estimate of drug-likeness (QED) is 0.275. The van der Waals surface area contributed by atoms with Crippen LogP contribution in [0.4, 0.5) is 5.69 Å². The van der Waals surface area contributed by atoms with Crippen LogP contribution in [0, 0.1) is 13.8 Å². The number of hydrogen-bond acceptors (Lipinski definition) is 3. The highest BCUT2D eigenvalue weighted by atomic mass is 16.1. The Labute approximate surface area is 205 Å². The van der Waals surface area contributed by atoms with Gasteiger partial charge in [-0.15, -0.1) is 6.58 Å². The summed E-state index contributed by atoms with van der Waals surface area (Å²) in [5, 5.41) is 3.97. The molecule has 0 fully saturated rings. The number of carbonyl (C=O) groups is 1. The lowest BCUT2D eigenvalue weighted by Gasteiger charge is -2.13. The van der Waals surface area contributed by atoms with Gasteiger partial charge in [-0.25, -0.2) is 9.97 Å². The molecule has 5 aromatic rings. The van der Waals surface area contributed by atoms with Crippen LogP contribution in [-0.4, -0.2) is 20.9 Å². The highest BCUT2D eigenvalue weighted by Crippen LogP contribution is 2.34. The van der Waals surface area contributed by atoms with Gasteiger partial charge in [0.1, 0.15) is 12.0 Å². The molecule has 3 aromatic carbocycles. The predicted molar refractivity (Wildman–Crippen MR) is 145 cm³/mol. The topological polar surface area (TPSA) is 70.7 Å². The van der Waals surface area contributed by atoms with E-state index in [-0.39, 0.29) is 5.91 Å². The summed E-state index contributed by atoms with van der Waals surface area (Å²) in [4.78, 5) is 25.1. The van der Waals surface area contributed by atoms with Gasteiger partial charge in [-0.2, -0.15) is 0 Å². The Morgan fingerprint density at radius 3 is 2.37 bits per heavy atom. The molecular formula is C30H28N4O. The van der Waals surface area contributed by atoms with Gasteiger partial charge in [-0.3, -0.25) is 4.79 Å². The molecule has 0 atom stereocenters. The molecule has 2 aromatic heterocycles. The van der Waals surface area contributed by atoms with Crippen LogP contribution < -0.4 is 5.32 Å². The molecule has 5 heteroatoms. The van der Waals surface area contributed by atoms with Crippen molar-refractivity contribution in [1.82, 2.24) is 15.0 Å². The third-order valence-electron chi connectivity index (χ3n) is 5.66. The predicted octanol–water partition coefficient (Wildman–Crippen LogP) is 7.35. The third kappa shape index (κ3) is 5.20. The van der Waals surface area contributed by atoms with E-state index in [1.54, 1.807) is 24.5 Å². The first kappa shape index (κ1) is 23.6. The van der Waals surface area contributed by atoms with Gasteiger partial charge in [0.2, 0.25) is 0 Å². The molecule has 0 unspecified atom stereocenters. The summed E-state index contributed by atoms with van der Waals surface area (Å²) in [5.74, 6) is -0.137. The van der Waals surface area contributed by atoms with Gasteiger partial charge in [0.15, 0.2) is 0 Å². The van der Waals surface area contributed by atoms with Gasteiger partial charge < -0.3 is 10.3 Å². The molecule has 0 bridgehead atoms. The largest absolute Gasteiger partial charge is 0.339 e. The van der Waals surface area contributed by atoms with Crippen molar-refractivity contribution < 1.29 is 4.79 Å². The van der Waals surface area contributed by atoms with Gasteiger partial charge >= 0.3 is 0 Å².